The molecule has 1 heterocycles. The van der Waals surface area contributed by atoms with Crippen LogP contribution in [0.25, 0.3) is 10.9 Å². The van der Waals surface area contributed by atoms with Crippen LogP contribution in [-0.4, -0.2) is 31.2 Å². The van der Waals surface area contributed by atoms with Gasteiger partial charge in [0.15, 0.2) is 0 Å². The van der Waals surface area contributed by atoms with Crippen molar-refractivity contribution in [3.8, 4) is 11.5 Å². The Hall–Kier alpha value is -3.08. The molecule has 1 N–H and O–H groups in total. The highest BCUT2D eigenvalue weighted by Crippen LogP contribution is 2.22. The van der Waals surface area contributed by atoms with E-state index in [1.807, 2.05) is 54.6 Å². The Morgan fingerprint density at radius 3 is 2.69 bits per heavy atom. The molecular formula is C21H22N2O3. The highest BCUT2D eigenvalue weighted by molar-refractivity contribution is 5.84. The summed E-state index contributed by atoms with van der Waals surface area (Å²) in [4.78, 5) is 16.3. The number of hydrogen-bond donors (Lipinski definition) is 1. The van der Waals surface area contributed by atoms with E-state index in [2.05, 4.69) is 10.3 Å². The van der Waals surface area contributed by atoms with Crippen LogP contribution in [0.2, 0.25) is 0 Å². The molecule has 1 amide bonds. The molecule has 0 unspecified atom stereocenters. The van der Waals surface area contributed by atoms with E-state index in [0.717, 1.165) is 28.0 Å². The van der Waals surface area contributed by atoms with Gasteiger partial charge in [0.25, 0.3) is 0 Å². The van der Waals surface area contributed by atoms with Crippen molar-refractivity contribution in [3.05, 3.63) is 66.4 Å². The minimum Gasteiger partial charge on any atom is -0.497 e. The number of ether oxygens (including phenoxy) is 2. The van der Waals surface area contributed by atoms with Crippen LogP contribution in [0, 0.1) is 0 Å². The number of methoxy groups -OCH3 is 1. The minimum atomic E-state index is 0.0143. The van der Waals surface area contributed by atoms with E-state index < -0.39 is 0 Å². The number of nitrogens with zero attached hydrogens (tertiary/aromatic N) is 1. The second-order valence-corrected chi connectivity index (χ2v) is 5.88. The first kappa shape index (κ1) is 17.7. The molecule has 0 radical (unpaired) electrons. The zero-order chi connectivity index (χ0) is 18.2. The average molecular weight is 350 g/mol. The summed E-state index contributed by atoms with van der Waals surface area (Å²) in [6.07, 6.45) is 2.89. The highest BCUT2D eigenvalue weighted by Gasteiger charge is 2.05. The molecule has 0 fully saturated rings. The van der Waals surface area contributed by atoms with Crippen LogP contribution in [0.4, 0.5) is 0 Å². The largest absolute Gasteiger partial charge is 0.497 e. The lowest BCUT2D eigenvalue weighted by Crippen LogP contribution is -2.28. The number of nitrogens with one attached hydrogen (secondary N) is 1. The Bertz CT molecular complexity index is 857. The maximum atomic E-state index is 12.0. The topological polar surface area (TPSA) is 60.5 Å². The summed E-state index contributed by atoms with van der Waals surface area (Å²) in [6, 6.07) is 17.5. The lowest BCUT2D eigenvalue weighted by Gasteiger charge is -2.09. The fourth-order valence-electron chi connectivity index (χ4n) is 2.68. The first-order valence-corrected chi connectivity index (χ1v) is 8.62. The Labute approximate surface area is 153 Å². The summed E-state index contributed by atoms with van der Waals surface area (Å²) < 4.78 is 10.9. The van der Waals surface area contributed by atoms with Crippen LogP contribution in [0.5, 0.6) is 11.5 Å². The van der Waals surface area contributed by atoms with Crippen molar-refractivity contribution in [2.24, 2.45) is 0 Å². The molecule has 1 aromatic heterocycles. The van der Waals surface area contributed by atoms with Crippen molar-refractivity contribution < 1.29 is 14.3 Å². The van der Waals surface area contributed by atoms with Crippen LogP contribution < -0.4 is 14.8 Å². The fraction of sp³-hybridized carbons (Fsp3) is 0.238. The van der Waals surface area contributed by atoms with Crippen molar-refractivity contribution in [1.82, 2.24) is 10.3 Å². The van der Waals surface area contributed by atoms with Crippen molar-refractivity contribution in [2.45, 2.75) is 12.8 Å². The molecule has 5 nitrogen and oxygen atoms in total. The summed E-state index contributed by atoms with van der Waals surface area (Å²) in [5.74, 6) is 1.56. The molecule has 134 valence electrons. The fourth-order valence-corrected chi connectivity index (χ4v) is 2.68. The number of para-hydroxylation sites is 1. The number of aryl methyl sites for hydroxylation is 1. The zero-order valence-corrected chi connectivity index (χ0v) is 14.8. The summed E-state index contributed by atoms with van der Waals surface area (Å²) in [6.45, 7) is 0.870. The second-order valence-electron chi connectivity index (χ2n) is 5.88. The van der Waals surface area contributed by atoms with Gasteiger partial charge in [0.2, 0.25) is 5.91 Å². The second kappa shape index (κ2) is 8.85. The van der Waals surface area contributed by atoms with Gasteiger partial charge >= 0.3 is 0 Å². The first-order chi connectivity index (χ1) is 12.8. The van der Waals surface area contributed by atoms with Gasteiger partial charge in [0.05, 0.1) is 13.7 Å². The smallest absolute Gasteiger partial charge is 0.220 e. The zero-order valence-electron chi connectivity index (χ0n) is 14.8. The summed E-state index contributed by atoms with van der Waals surface area (Å²) >= 11 is 0. The van der Waals surface area contributed by atoms with Crippen LogP contribution >= 0.6 is 0 Å². The van der Waals surface area contributed by atoms with Gasteiger partial charge in [0.1, 0.15) is 23.6 Å². The molecule has 0 atom stereocenters. The third-order valence-electron chi connectivity index (χ3n) is 4.08. The monoisotopic (exact) mass is 350 g/mol. The van der Waals surface area contributed by atoms with Crippen molar-refractivity contribution in [2.75, 3.05) is 20.3 Å². The molecule has 26 heavy (non-hydrogen) atoms. The number of rotatable bonds is 8. The number of pyridine rings is 1. The third-order valence-corrected chi connectivity index (χ3v) is 4.08. The van der Waals surface area contributed by atoms with Crippen LogP contribution in [0.15, 0.2) is 60.8 Å². The van der Waals surface area contributed by atoms with E-state index in [-0.39, 0.29) is 5.91 Å². The SMILES string of the molecule is COc1ccc(CCC(=O)NCCOc2cccc3cccnc23)cc1. The van der Waals surface area contributed by atoms with E-state index in [0.29, 0.717) is 26.0 Å². The molecule has 3 rings (SSSR count). The lowest BCUT2D eigenvalue weighted by atomic mass is 10.1. The minimum absolute atomic E-state index is 0.0143. The number of carbonyl (C=O) groups is 1. The van der Waals surface area contributed by atoms with E-state index in [1.54, 1.807) is 13.3 Å². The molecule has 3 aromatic rings. The number of carbonyl (C=O) groups excluding carboxylic acids is 1. The maximum absolute atomic E-state index is 12.0. The number of benzene rings is 2. The Kier molecular flexibility index (Phi) is 6.04. The predicted octanol–water partition coefficient (Wildman–Crippen LogP) is 3.37. The third kappa shape index (κ3) is 4.72. The van der Waals surface area contributed by atoms with Gasteiger partial charge in [-0.15, -0.1) is 0 Å². The quantitative estimate of drug-likeness (QED) is 0.633. The van der Waals surface area contributed by atoms with Crippen LogP contribution in [0.3, 0.4) is 0 Å². The molecule has 0 aliphatic carbocycles. The van der Waals surface area contributed by atoms with Crippen molar-refractivity contribution in [1.29, 1.82) is 0 Å². The Morgan fingerprint density at radius 2 is 1.88 bits per heavy atom. The van der Waals surface area contributed by atoms with Crippen molar-refractivity contribution >= 4 is 16.8 Å². The molecule has 0 spiro atoms. The van der Waals surface area contributed by atoms with Gasteiger partial charge in [-0.3, -0.25) is 9.78 Å². The molecular weight excluding hydrogens is 328 g/mol. The molecule has 0 bridgehead atoms. The van der Waals surface area contributed by atoms with Gasteiger partial charge in [-0.1, -0.05) is 30.3 Å². The summed E-state index contributed by atoms with van der Waals surface area (Å²) in [5, 5.41) is 3.92. The molecule has 5 heteroatoms. The lowest BCUT2D eigenvalue weighted by molar-refractivity contribution is -0.121. The number of fused-ring (bicyclic) bond motifs is 1. The van der Waals surface area contributed by atoms with E-state index >= 15 is 0 Å². The molecule has 0 saturated carbocycles. The Balaban J connectivity index is 1.40. The number of aromatic nitrogens is 1. The van der Waals surface area contributed by atoms with Crippen molar-refractivity contribution in [3.63, 3.8) is 0 Å². The van der Waals surface area contributed by atoms with Gasteiger partial charge in [0, 0.05) is 18.0 Å². The standard InChI is InChI=1S/C21H22N2O3/c1-25-18-10-7-16(8-11-18)9-12-20(24)22-14-15-26-19-6-2-4-17-5-3-13-23-21(17)19/h2-8,10-11,13H,9,12,14-15H2,1H3,(H,22,24). The summed E-state index contributed by atoms with van der Waals surface area (Å²) in [5.41, 5.74) is 1.94. The molecule has 0 aliphatic heterocycles. The van der Waals surface area contributed by atoms with Gasteiger partial charge in [-0.2, -0.15) is 0 Å². The van der Waals surface area contributed by atoms with Crippen LogP contribution in [0.1, 0.15) is 12.0 Å². The summed E-state index contributed by atoms with van der Waals surface area (Å²) in [7, 11) is 1.64. The molecule has 0 aliphatic rings. The van der Waals surface area contributed by atoms with Crippen LogP contribution in [-0.2, 0) is 11.2 Å². The van der Waals surface area contributed by atoms with Gasteiger partial charge < -0.3 is 14.8 Å². The molecule has 2 aromatic carbocycles. The molecule has 0 saturated heterocycles. The predicted molar refractivity (Wildman–Crippen MR) is 102 cm³/mol. The maximum Gasteiger partial charge on any atom is 0.220 e. The number of hydrogen-bond acceptors (Lipinski definition) is 4. The normalized spacial score (nSPS) is 10.5. The van der Waals surface area contributed by atoms with E-state index in [9.17, 15) is 4.79 Å². The average Bonchev–Trinajstić information content (AvgIpc) is 2.70. The van der Waals surface area contributed by atoms with E-state index in [1.165, 1.54) is 0 Å². The highest BCUT2D eigenvalue weighted by atomic mass is 16.5. The van der Waals surface area contributed by atoms with Gasteiger partial charge in [-0.05, 0) is 36.2 Å². The van der Waals surface area contributed by atoms with E-state index in [4.69, 9.17) is 9.47 Å². The van der Waals surface area contributed by atoms with Gasteiger partial charge in [-0.25, -0.2) is 0 Å². The Morgan fingerprint density at radius 1 is 1.08 bits per heavy atom. The first-order valence-electron chi connectivity index (χ1n) is 8.62. The number of amides is 1.